The minimum Gasteiger partial charge on any atom is -0.382 e. The van der Waals surface area contributed by atoms with E-state index in [0.29, 0.717) is 8.04 Å². The van der Waals surface area contributed by atoms with Crippen LogP contribution in [0.3, 0.4) is 0 Å². The van der Waals surface area contributed by atoms with Crippen molar-refractivity contribution in [3.63, 3.8) is 0 Å². The van der Waals surface area contributed by atoms with Crippen LogP contribution in [-0.2, 0) is 0 Å². The molecule has 2 N–H and O–H groups in total. The van der Waals surface area contributed by atoms with Gasteiger partial charge in [0.05, 0.1) is 12.1 Å². The zero-order chi connectivity index (χ0) is 13.9. The third kappa shape index (κ3) is 4.39. The molecule has 1 aromatic rings. The van der Waals surface area contributed by atoms with Crippen molar-refractivity contribution in [2.45, 2.75) is 12.3 Å². The first-order valence-electron chi connectivity index (χ1n) is 4.70. The molecule has 0 aliphatic heterocycles. The van der Waals surface area contributed by atoms with Crippen molar-refractivity contribution in [3.8, 4) is 0 Å². The second-order valence-corrected chi connectivity index (χ2v) is 5.47. The molecule has 0 radical (unpaired) electrons. The van der Waals surface area contributed by atoms with E-state index in [4.69, 9.17) is 5.11 Å². The van der Waals surface area contributed by atoms with Crippen LogP contribution in [-0.4, -0.2) is 29.8 Å². The molecule has 3 nitrogen and oxygen atoms in total. The average molecular weight is 438 g/mol. The van der Waals surface area contributed by atoms with Crippen LogP contribution in [0.5, 0.6) is 0 Å². The van der Waals surface area contributed by atoms with Crippen LogP contribution in [0.1, 0.15) is 10.4 Å². The molecule has 0 bridgehead atoms. The van der Waals surface area contributed by atoms with E-state index >= 15 is 0 Å². The normalized spacial score (nSPS) is 13.2. The van der Waals surface area contributed by atoms with Gasteiger partial charge in [0, 0.05) is 8.04 Å². The van der Waals surface area contributed by atoms with E-state index in [9.17, 15) is 18.0 Å². The fraction of sp³-hybridized carbons (Fsp3) is 0.300. The molecule has 1 rings (SSSR count). The minimum atomic E-state index is -4.74. The second-order valence-electron chi connectivity index (χ2n) is 3.39. The Kier molecular flexibility index (Phi) is 5.41. The molecular weight excluding hydrogens is 430 g/mol. The fourth-order valence-electron chi connectivity index (χ4n) is 1.07. The quantitative estimate of drug-likeness (QED) is 0.714. The van der Waals surface area contributed by atoms with E-state index in [0.717, 1.165) is 0 Å². The molecule has 100 valence electrons. The van der Waals surface area contributed by atoms with E-state index in [1.54, 1.807) is 12.1 Å². The van der Waals surface area contributed by atoms with Gasteiger partial charge < -0.3 is 10.4 Å². The number of aliphatic hydroxyl groups excluding tert-OH is 1. The summed E-state index contributed by atoms with van der Waals surface area (Å²) in [6.45, 7) is -0.870. The highest BCUT2D eigenvalue weighted by Gasteiger charge is 2.38. The molecule has 0 aliphatic rings. The molecule has 0 saturated carbocycles. The van der Waals surface area contributed by atoms with Crippen molar-refractivity contribution < 1.29 is 23.1 Å². The van der Waals surface area contributed by atoms with E-state index in [1.807, 2.05) is 27.9 Å². The lowest BCUT2D eigenvalue weighted by Crippen LogP contribution is -2.40. The number of hydrogen-bond acceptors (Lipinski definition) is 2. The van der Waals surface area contributed by atoms with E-state index in [2.05, 4.69) is 15.9 Å². The van der Waals surface area contributed by atoms with Gasteiger partial charge >= 0.3 is 6.18 Å². The summed E-state index contributed by atoms with van der Waals surface area (Å²) in [5.74, 6) is -0.663. The van der Waals surface area contributed by atoms with Gasteiger partial charge in [-0.05, 0) is 40.8 Å². The van der Waals surface area contributed by atoms with Gasteiger partial charge in [0.15, 0.2) is 6.10 Å². The Morgan fingerprint density at radius 1 is 1.50 bits per heavy atom. The van der Waals surface area contributed by atoms with E-state index in [-0.39, 0.29) is 5.56 Å². The summed E-state index contributed by atoms with van der Waals surface area (Å²) in [6, 6.07) is 4.86. The molecule has 1 unspecified atom stereocenters. The Morgan fingerprint density at radius 2 is 2.11 bits per heavy atom. The zero-order valence-electron chi connectivity index (χ0n) is 8.76. The van der Waals surface area contributed by atoms with Crippen molar-refractivity contribution in [2.75, 3.05) is 6.54 Å². The summed E-state index contributed by atoms with van der Waals surface area (Å²) >= 11 is 5.06. The van der Waals surface area contributed by atoms with Crippen LogP contribution < -0.4 is 5.32 Å². The predicted molar refractivity (Wildman–Crippen MR) is 71.3 cm³/mol. The summed E-state index contributed by atoms with van der Waals surface area (Å²) < 4.78 is 37.4. The van der Waals surface area contributed by atoms with Gasteiger partial charge in [-0.25, -0.2) is 0 Å². The maximum atomic E-state index is 12.0. The second kappa shape index (κ2) is 6.20. The molecule has 1 aromatic carbocycles. The molecule has 0 aliphatic carbocycles. The van der Waals surface area contributed by atoms with E-state index in [1.165, 1.54) is 6.07 Å². The molecule has 0 aromatic heterocycles. The molecule has 0 heterocycles. The maximum Gasteiger partial charge on any atom is 0.416 e. The Hall–Kier alpha value is -0.350. The van der Waals surface area contributed by atoms with Crippen molar-refractivity contribution in [3.05, 3.63) is 31.8 Å². The van der Waals surface area contributed by atoms with Crippen molar-refractivity contribution in [2.24, 2.45) is 0 Å². The average Bonchev–Trinajstić information content (AvgIpc) is 2.27. The molecule has 0 saturated heterocycles. The molecular formula is C10H8BrF3INO2. The lowest BCUT2D eigenvalue weighted by atomic mass is 10.2. The fourth-order valence-corrected chi connectivity index (χ4v) is 2.01. The Labute approximate surface area is 123 Å². The lowest BCUT2D eigenvalue weighted by Gasteiger charge is -2.15. The maximum absolute atomic E-state index is 12.0. The van der Waals surface area contributed by atoms with Crippen LogP contribution >= 0.6 is 38.5 Å². The third-order valence-corrected chi connectivity index (χ3v) is 3.44. The molecule has 1 atom stereocenters. The third-order valence-electron chi connectivity index (χ3n) is 2.01. The standard InChI is InChI=1S/C10H8BrF3INO2/c11-5-1-2-7(15)6(3-5)9(18)16-4-8(17)10(12,13)14/h1-3,8,17H,4H2,(H,16,18). The van der Waals surface area contributed by atoms with Gasteiger partial charge in [-0.3, -0.25) is 4.79 Å². The van der Waals surface area contributed by atoms with Gasteiger partial charge in [0.2, 0.25) is 0 Å². The van der Waals surface area contributed by atoms with Gasteiger partial charge in [-0.2, -0.15) is 13.2 Å². The number of rotatable bonds is 3. The van der Waals surface area contributed by atoms with Crippen molar-refractivity contribution in [1.29, 1.82) is 0 Å². The topological polar surface area (TPSA) is 49.3 Å². The van der Waals surface area contributed by atoms with Gasteiger partial charge in [0.1, 0.15) is 0 Å². The largest absolute Gasteiger partial charge is 0.416 e. The number of hydrogen-bond donors (Lipinski definition) is 2. The first-order chi connectivity index (χ1) is 8.21. The summed E-state index contributed by atoms with van der Waals surface area (Å²) in [5.41, 5.74) is 0.249. The highest BCUT2D eigenvalue weighted by molar-refractivity contribution is 14.1. The zero-order valence-corrected chi connectivity index (χ0v) is 12.5. The first kappa shape index (κ1) is 15.7. The highest BCUT2D eigenvalue weighted by atomic mass is 127. The summed E-state index contributed by atoms with van der Waals surface area (Å²) in [6.07, 6.45) is -7.30. The number of carbonyl (C=O) groups excluding carboxylic acids is 1. The lowest BCUT2D eigenvalue weighted by molar-refractivity contribution is -0.201. The molecule has 0 fully saturated rings. The van der Waals surface area contributed by atoms with Crippen molar-refractivity contribution >= 4 is 44.4 Å². The van der Waals surface area contributed by atoms with Crippen LogP contribution in [0, 0.1) is 3.57 Å². The number of amides is 1. The summed E-state index contributed by atoms with van der Waals surface area (Å²) in [4.78, 5) is 11.6. The summed E-state index contributed by atoms with van der Waals surface area (Å²) in [7, 11) is 0. The molecule has 0 spiro atoms. The molecule has 18 heavy (non-hydrogen) atoms. The Morgan fingerprint density at radius 3 is 2.67 bits per heavy atom. The van der Waals surface area contributed by atoms with Crippen molar-refractivity contribution in [1.82, 2.24) is 5.32 Å². The number of nitrogens with one attached hydrogen (secondary N) is 1. The number of alkyl halides is 3. The number of aliphatic hydroxyl groups is 1. The highest BCUT2D eigenvalue weighted by Crippen LogP contribution is 2.20. The summed E-state index contributed by atoms with van der Waals surface area (Å²) in [5, 5.41) is 10.8. The van der Waals surface area contributed by atoms with Gasteiger partial charge in [0.25, 0.3) is 5.91 Å². The number of carbonyl (C=O) groups is 1. The smallest absolute Gasteiger partial charge is 0.382 e. The van der Waals surface area contributed by atoms with Crippen LogP contribution in [0.4, 0.5) is 13.2 Å². The molecule has 1 amide bonds. The monoisotopic (exact) mass is 437 g/mol. The minimum absolute atomic E-state index is 0.249. The van der Waals surface area contributed by atoms with Gasteiger partial charge in [-0.1, -0.05) is 15.9 Å². The first-order valence-corrected chi connectivity index (χ1v) is 6.57. The Balaban J connectivity index is 2.69. The van der Waals surface area contributed by atoms with Crippen LogP contribution in [0.15, 0.2) is 22.7 Å². The van der Waals surface area contributed by atoms with Gasteiger partial charge in [-0.15, -0.1) is 0 Å². The van der Waals surface area contributed by atoms with E-state index < -0.39 is 24.7 Å². The SMILES string of the molecule is O=C(NCC(O)C(F)(F)F)c1cc(Br)ccc1I. The number of benzene rings is 1. The predicted octanol–water partition coefficient (Wildman–Crippen LogP) is 2.71. The Bertz CT molecular complexity index is 453. The number of halogens is 5. The molecule has 8 heteroatoms. The van der Waals surface area contributed by atoms with Crippen LogP contribution in [0.2, 0.25) is 0 Å². The van der Waals surface area contributed by atoms with Crippen LogP contribution in [0.25, 0.3) is 0 Å².